The van der Waals surface area contributed by atoms with Gasteiger partial charge in [-0.25, -0.2) is 4.39 Å². The molecule has 3 rings (SSSR count). The van der Waals surface area contributed by atoms with Crippen LogP contribution in [0.2, 0.25) is 0 Å². The summed E-state index contributed by atoms with van der Waals surface area (Å²) in [7, 11) is 0. The first kappa shape index (κ1) is 18.5. The summed E-state index contributed by atoms with van der Waals surface area (Å²) in [5, 5.41) is 11.8. The largest absolute Gasteiger partial charge is 0.490 e. The Morgan fingerprint density at radius 1 is 1.27 bits per heavy atom. The fourth-order valence-electron chi connectivity index (χ4n) is 2.68. The van der Waals surface area contributed by atoms with Crippen molar-refractivity contribution >= 4 is 17.7 Å². The lowest BCUT2D eigenvalue weighted by molar-refractivity contribution is -0.136. The number of carbonyl (C=O) groups is 1. The quantitative estimate of drug-likeness (QED) is 0.769. The topological polar surface area (TPSA) is 67.8 Å². The summed E-state index contributed by atoms with van der Waals surface area (Å²) in [6.45, 7) is 3.01. The van der Waals surface area contributed by atoms with Crippen LogP contribution in [-0.2, 0) is 11.4 Å². The van der Waals surface area contributed by atoms with Crippen molar-refractivity contribution in [2.45, 2.75) is 24.2 Å². The van der Waals surface area contributed by atoms with Gasteiger partial charge in [0.05, 0.1) is 12.0 Å². The van der Waals surface area contributed by atoms with Crippen molar-refractivity contribution in [1.29, 1.82) is 0 Å². The van der Waals surface area contributed by atoms with Crippen LogP contribution < -0.4 is 14.8 Å². The van der Waals surface area contributed by atoms with Gasteiger partial charge in [-0.2, -0.15) is 0 Å². The van der Waals surface area contributed by atoms with Gasteiger partial charge < -0.3 is 14.6 Å². The van der Waals surface area contributed by atoms with Crippen LogP contribution in [0, 0.1) is 5.82 Å². The molecule has 2 N–H and O–H groups in total. The number of ether oxygens (including phenoxy) is 2. The molecule has 5 nitrogen and oxygen atoms in total. The number of hydrogen-bond acceptors (Lipinski definition) is 5. The number of carboxylic acid groups (broad SMARTS) is 1. The average molecular weight is 377 g/mol. The van der Waals surface area contributed by atoms with Crippen molar-refractivity contribution in [2.75, 3.05) is 13.2 Å². The Hall–Kier alpha value is -2.25. The Bertz CT molecular complexity index is 786. The van der Waals surface area contributed by atoms with E-state index in [1.807, 2.05) is 19.1 Å². The van der Waals surface area contributed by atoms with Gasteiger partial charge >= 0.3 is 5.97 Å². The Morgan fingerprint density at radius 3 is 2.81 bits per heavy atom. The average Bonchev–Trinajstić information content (AvgIpc) is 3.11. The predicted octanol–water partition coefficient (Wildman–Crippen LogP) is 3.59. The van der Waals surface area contributed by atoms with E-state index in [1.165, 1.54) is 23.9 Å². The molecule has 0 bridgehead atoms. The van der Waals surface area contributed by atoms with E-state index in [1.54, 1.807) is 18.2 Å². The summed E-state index contributed by atoms with van der Waals surface area (Å²) in [6, 6.07) is 11.8. The molecule has 1 aliphatic rings. The van der Waals surface area contributed by atoms with E-state index in [4.69, 9.17) is 14.6 Å². The maximum atomic E-state index is 13.3. The molecule has 138 valence electrons. The number of benzene rings is 2. The highest BCUT2D eigenvalue weighted by molar-refractivity contribution is 8.01. The van der Waals surface area contributed by atoms with Gasteiger partial charge in [0.15, 0.2) is 11.5 Å². The van der Waals surface area contributed by atoms with Crippen molar-refractivity contribution < 1.29 is 23.8 Å². The van der Waals surface area contributed by atoms with Gasteiger partial charge in [-0.05, 0) is 42.3 Å². The summed E-state index contributed by atoms with van der Waals surface area (Å²) in [4.78, 5) is 11.1. The third-order valence-electron chi connectivity index (χ3n) is 3.92. The minimum absolute atomic E-state index is 0.104. The number of halogens is 1. The van der Waals surface area contributed by atoms with Crippen LogP contribution in [0.4, 0.5) is 4.39 Å². The zero-order chi connectivity index (χ0) is 18.5. The molecule has 0 radical (unpaired) electrons. The fraction of sp³-hybridized carbons (Fsp3) is 0.316. The summed E-state index contributed by atoms with van der Waals surface area (Å²) in [5.74, 6) is 0.0362. The van der Waals surface area contributed by atoms with Crippen LogP contribution in [0.3, 0.4) is 0 Å². The molecule has 1 heterocycles. The Kier molecular flexibility index (Phi) is 6.00. The van der Waals surface area contributed by atoms with E-state index < -0.39 is 11.2 Å². The molecule has 0 aliphatic carbocycles. The normalized spacial score (nSPS) is 19.3. The highest BCUT2D eigenvalue weighted by Gasteiger charge is 2.31. The van der Waals surface area contributed by atoms with Crippen molar-refractivity contribution in [1.82, 2.24) is 5.32 Å². The highest BCUT2D eigenvalue weighted by atomic mass is 32.2. The second-order valence-corrected chi connectivity index (χ2v) is 7.12. The van der Waals surface area contributed by atoms with Crippen molar-refractivity contribution in [2.24, 2.45) is 0 Å². The van der Waals surface area contributed by atoms with Crippen molar-refractivity contribution in [3.05, 3.63) is 59.4 Å². The van der Waals surface area contributed by atoms with E-state index in [0.717, 1.165) is 11.1 Å². The molecule has 1 aliphatic heterocycles. The smallest absolute Gasteiger partial charge is 0.318 e. The third-order valence-corrected chi connectivity index (χ3v) is 5.33. The number of rotatable bonds is 7. The van der Waals surface area contributed by atoms with E-state index in [9.17, 15) is 9.18 Å². The third kappa shape index (κ3) is 4.47. The molecule has 2 aromatic rings. The Balaban J connectivity index is 1.73. The maximum absolute atomic E-state index is 13.3. The Morgan fingerprint density at radius 2 is 2.12 bits per heavy atom. The number of carboxylic acids is 1. The number of nitrogens with one attached hydrogen (secondary N) is 1. The summed E-state index contributed by atoms with van der Waals surface area (Å²) in [5.41, 5.74) is 1.66. The lowest BCUT2D eigenvalue weighted by atomic mass is 10.2. The second-order valence-electron chi connectivity index (χ2n) is 5.81. The fourth-order valence-corrected chi connectivity index (χ4v) is 3.81. The van der Waals surface area contributed by atoms with Gasteiger partial charge in [0, 0.05) is 6.54 Å². The van der Waals surface area contributed by atoms with E-state index in [0.29, 0.717) is 24.7 Å². The van der Waals surface area contributed by atoms with Gasteiger partial charge in [-0.3, -0.25) is 10.1 Å². The Labute approximate surface area is 155 Å². The molecule has 0 saturated carbocycles. The molecule has 0 spiro atoms. The van der Waals surface area contributed by atoms with Gasteiger partial charge in [0.2, 0.25) is 0 Å². The van der Waals surface area contributed by atoms with Crippen molar-refractivity contribution in [3.63, 3.8) is 0 Å². The maximum Gasteiger partial charge on any atom is 0.318 e. The van der Waals surface area contributed by atoms with Gasteiger partial charge in [0.25, 0.3) is 0 Å². The number of thioether (sulfide) groups is 1. The van der Waals surface area contributed by atoms with Crippen LogP contribution in [0.1, 0.15) is 23.4 Å². The SMILES string of the molecule is CCOc1cc([C@H]2NC[C@@H](C(=O)O)S2)ccc1OCc1cccc(F)c1. The van der Waals surface area contributed by atoms with E-state index in [2.05, 4.69) is 5.32 Å². The first-order chi connectivity index (χ1) is 12.6. The molecule has 1 fully saturated rings. The molecular formula is C19H20FNO4S. The van der Waals surface area contributed by atoms with Crippen molar-refractivity contribution in [3.8, 4) is 11.5 Å². The molecule has 0 unspecified atom stereocenters. The minimum Gasteiger partial charge on any atom is -0.490 e. The van der Waals surface area contributed by atoms with Crippen LogP contribution >= 0.6 is 11.8 Å². The number of aliphatic carboxylic acids is 1. The van der Waals surface area contributed by atoms with Crippen LogP contribution in [0.15, 0.2) is 42.5 Å². The van der Waals surface area contributed by atoms with Crippen LogP contribution in [0.25, 0.3) is 0 Å². The van der Waals surface area contributed by atoms with Crippen LogP contribution in [0.5, 0.6) is 11.5 Å². The molecular weight excluding hydrogens is 357 g/mol. The summed E-state index contributed by atoms with van der Waals surface area (Å²) >= 11 is 1.37. The summed E-state index contributed by atoms with van der Waals surface area (Å²) < 4.78 is 24.7. The van der Waals surface area contributed by atoms with Gasteiger partial charge in [-0.15, -0.1) is 11.8 Å². The molecule has 0 aromatic heterocycles. The predicted molar refractivity (Wildman–Crippen MR) is 98.1 cm³/mol. The first-order valence-corrected chi connectivity index (χ1v) is 9.26. The first-order valence-electron chi connectivity index (χ1n) is 8.32. The molecule has 26 heavy (non-hydrogen) atoms. The number of hydrogen-bond donors (Lipinski definition) is 2. The van der Waals surface area contributed by atoms with Gasteiger partial charge in [0.1, 0.15) is 17.7 Å². The minimum atomic E-state index is -0.815. The molecule has 2 atom stereocenters. The monoisotopic (exact) mass is 377 g/mol. The molecule has 2 aromatic carbocycles. The highest BCUT2D eigenvalue weighted by Crippen LogP contribution is 2.39. The molecule has 0 amide bonds. The standard InChI is InChI=1S/C19H20FNO4S/c1-2-24-16-9-13(18-21-10-17(26-18)19(22)23)6-7-15(16)25-11-12-4-3-5-14(20)8-12/h3-9,17-18,21H,2,10-11H2,1H3,(H,22,23)/t17-,18-/m0/s1. The second kappa shape index (κ2) is 8.42. The van der Waals surface area contributed by atoms with E-state index >= 15 is 0 Å². The zero-order valence-corrected chi connectivity index (χ0v) is 15.1. The zero-order valence-electron chi connectivity index (χ0n) is 14.3. The van der Waals surface area contributed by atoms with Gasteiger partial charge in [-0.1, -0.05) is 18.2 Å². The molecule has 7 heteroatoms. The lowest BCUT2D eigenvalue weighted by Gasteiger charge is -2.16. The molecule has 1 saturated heterocycles. The summed E-state index contributed by atoms with van der Waals surface area (Å²) in [6.07, 6.45) is 0. The van der Waals surface area contributed by atoms with E-state index in [-0.39, 0.29) is 17.8 Å². The van der Waals surface area contributed by atoms with Crippen LogP contribution in [-0.4, -0.2) is 29.5 Å². The lowest BCUT2D eigenvalue weighted by Crippen LogP contribution is -2.21.